The highest BCUT2D eigenvalue weighted by molar-refractivity contribution is 7.22. The zero-order valence-electron chi connectivity index (χ0n) is 18.8. The van der Waals surface area contributed by atoms with Crippen LogP contribution in [0.5, 0.6) is 11.5 Å². The second-order valence-corrected chi connectivity index (χ2v) is 8.76. The number of hydrogen-bond acceptors (Lipinski definition) is 7. The normalized spacial score (nSPS) is 11.8. The summed E-state index contributed by atoms with van der Waals surface area (Å²) in [5, 5.41) is 7.21. The molecule has 166 valence electrons. The molecule has 0 bridgehead atoms. The molecule has 33 heavy (non-hydrogen) atoms. The fourth-order valence-electron chi connectivity index (χ4n) is 3.93. The summed E-state index contributed by atoms with van der Waals surface area (Å²) in [6.07, 6.45) is 0. The highest BCUT2D eigenvalue weighted by atomic mass is 32.1. The Morgan fingerprint density at radius 3 is 2.55 bits per heavy atom. The summed E-state index contributed by atoms with van der Waals surface area (Å²) in [6, 6.07) is 19.8. The lowest BCUT2D eigenvalue weighted by Gasteiger charge is -2.11. The molecule has 2 aromatic heterocycles. The molecule has 5 aromatic rings. The first kappa shape index (κ1) is 21.0. The minimum absolute atomic E-state index is 0.636. The largest absolute Gasteiger partial charge is 0.493 e. The molecule has 0 spiro atoms. The van der Waals surface area contributed by atoms with E-state index in [0.717, 1.165) is 48.4 Å². The van der Waals surface area contributed by atoms with Crippen LogP contribution in [0.4, 0.5) is 5.13 Å². The monoisotopic (exact) mass is 457 g/mol. The van der Waals surface area contributed by atoms with Crippen LogP contribution in [0, 0.1) is 13.8 Å². The van der Waals surface area contributed by atoms with Crippen LogP contribution in [-0.4, -0.2) is 19.2 Å². The number of anilines is 1. The Kier molecular flexibility index (Phi) is 5.48. The van der Waals surface area contributed by atoms with Crippen LogP contribution in [0.15, 0.2) is 70.2 Å². The zero-order valence-corrected chi connectivity index (χ0v) is 19.6. The van der Waals surface area contributed by atoms with Crippen LogP contribution in [0.1, 0.15) is 11.1 Å². The van der Waals surface area contributed by atoms with Crippen molar-refractivity contribution in [1.29, 1.82) is 0 Å². The van der Waals surface area contributed by atoms with Crippen LogP contribution in [-0.2, 0) is 0 Å². The minimum Gasteiger partial charge on any atom is -0.493 e. The van der Waals surface area contributed by atoms with Crippen LogP contribution in [0.2, 0.25) is 0 Å². The Labute approximate surface area is 195 Å². The second-order valence-electron chi connectivity index (χ2n) is 7.73. The van der Waals surface area contributed by atoms with Gasteiger partial charge in [-0.05, 0) is 61.4 Å². The van der Waals surface area contributed by atoms with Gasteiger partial charge in [0.25, 0.3) is 0 Å². The van der Waals surface area contributed by atoms with Gasteiger partial charge in [0, 0.05) is 17.0 Å². The number of para-hydroxylation sites is 1. The Morgan fingerprint density at radius 2 is 1.76 bits per heavy atom. The Bertz CT molecular complexity index is 1520. The van der Waals surface area contributed by atoms with Crippen LogP contribution >= 0.6 is 11.3 Å². The summed E-state index contributed by atoms with van der Waals surface area (Å²) in [7, 11) is 3.24. The molecule has 5 rings (SSSR count). The number of benzene rings is 3. The first-order valence-corrected chi connectivity index (χ1v) is 11.3. The number of rotatable bonds is 5. The number of methoxy groups -OCH3 is 2. The van der Waals surface area contributed by atoms with Crippen LogP contribution in [0.3, 0.4) is 0 Å². The van der Waals surface area contributed by atoms with E-state index in [1.165, 1.54) is 0 Å². The molecule has 0 amide bonds. The van der Waals surface area contributed by atoms with Gasteiger partial charge in [-0.1, -0.05) is 29.5 Å². The standard InChI is InChI=1S/C26H23N3O3S/c1-15-11-16(2)25-19(28-29-26-27-18-7-5-6-8-24(18)33-26)14-21(32-23(25)12-15)17-9-10-20(30-3)22(13-17)31-4/h5-14H,1-4H3,(H,27,29)/b28-19+. The maximum Gasteiger partial charge on any atom is 0.204 e. The maximum absolute atomic E-state index is 6.33. The Balaban J connectivity index is 1.67. The molecule has 7 heteroatoms. The highest BCUT2D eigenvalue weighted by Crippen LogP contribution is 2.33. The number of ether oxygens (including phenoxy) is 2. The number of thiazole rings is 1. The van der Waals surface area contributed by atoms with Gasteiger partial charge in [0.1, 0.15) is 11.3 Å². The summed E-state index contributed by atoms with van der Waals surface area (Å²) >= 11 is 1.57. The van der Waals surface area contributed by atoms with Crippen molar-refractivity contribution in [3.8, 4) is 22.8 Å². The highest BCUT2D eigenvalue weighted by Gasteiger charge is 2.12. The van der Waals surface area contributed by atoms with Gasteiger partial charge < -0.3 is 13.9 Å². The summed E-state index contributed by atoms with van der Waals surface area (Å²) in [5.41, 5.74) is 7.95. The average Bonchev–Trinajstić information content (AvgIpc) is 3.24. The molecule has 0 unspecified atom stereocenters. The predicted molar refractivity (Wildman–Crippen MR) is 133 cm³/mol. The maximum atomic E-state index is 6.33. The van der Waals surface area contributed by atoms with E-state index in [4.69, 9.17) is 19.0 Å². The molecular weight excluding hydrogens is 434 g/mol. The quantitative estimate of drug-likeness (QED) is 0.315. The molecule has 2 heterocycles. The first-order chi connectivity index (χ1) is 16.1. The Hall–Kier alpha value is -3.84. The number of aromatic nitrogens is 1. The topological polar surface area (TPSA) is 68.9 Å². The lowest BCUT2D eigenvalue weighted by Crippen LogP contribution is -2.09. The molecule has 6 nitrogen and oxygen atoms in total. The number of nitrogens with zero attached hydrogens (tertiary/aromatic N) is 2. The SMILES string of the molecule is COc1ccc(-c2c/c(=N\Nc3nc4ccccc4s3)c3c(C)cc(C)cc3o2)cc1OC. The molecule has 3 aromatic carbocycles. The fraction of sp³-hybridized carbons (Fsp3) is 0.154. The molecule has 0 radical (unpaired) electrons. The molecule has 0 aliphatic rings. The van der Waals surface area contributed by atoms with Gasteiger partial charge in [-0.25, -0.2) is 4.98 Å². The number of nitrogens with one attached hydrogen (secondary N) is 1. The smallest absolute Gasteiger partial charge is 0.204 e. The molecule has 0 aliphatic heterocycles. The number of fused-ring (bicyclic) bond motifs is 2. The summed E-state index contributed by atoms with van der Waals surface area (Å²) < 4.78 is 18.3. The molecule has 0 saturated carbocycles. The van der Waals surface area contributed by atoms with Crippen molar-refractivity contribution in [2.75, 3.05) is 19.6 Å². The van der Waals surface area contributed by atoms with E-state index in [0.29, 0.717) is 17.3 Å². The molecule has 0 atom stereocenters. The van der Waals surface area contributed by atoms with Crippen molar-refractivity contribution in [3.05, 3.63) is 77.1 Å². The number of hydrogen-bond donors (Lipinski definition) is 1. The third kappa shape index (κ3) is 4.03. The molecule has 1 N–H and O–H groups in total. The number of aryl methyl sites for hydroxylation is 2. The van der Waals surface area contributed by atoms with Gasteiger partial charge in [-0.3, -0.25) is 5.43 Å². The van der Waals surface area contributed by atoms with Crippen molar-refractivity contribution in [1.82, 2.24) is 4.98 Å². The molecule has 0 fully saturated rings. The predicted octanol–water partition coefficient (Wildman–Crippen LogP) is 6.27. The third-order valence-corrected chi connectivity index (χ3v) is 6.36. The lowest BCUT2D eigenvalue weighted by atomic mass is 10.0. The van der Waals surface area contributed by atoms with Gasteiger partial charge in [0.05, 0.1) is 29.8 Å². The van der Waals surface area contributed by atoms with E-state index in [9.17, 15) is 0 Å². The first-order valence-electron chi connectivity index (χ1n) is 10.5. The van der Waals surface area contributed by atoms with Crippen molar-refractivity contribution < 1.29 is 13.9 Å². The van der Waals surface area contributed by atoms with E-state index in [-0.39, 0.29) is 0 Å². The summed E-state index contributed by atoms with van der Waals surface area (Å²) in [6.45, 7) is 4.12. The molecular formula is C26H23N3O3S. The van der Waals surface area contributed by atoms with Gasteiger partial charge in [-0.15, -0.1) is 0 Å². The van der Waals surface area contributed by atoms with E-state index >= 15 is 0 Å². The van der Waals surface area contributed by atoms with E-state index < -0.39 is 0 Å². The van der Waals surface area contributed by atoms with Crippen molar-refractivity contribution >= 4 is 37.7 Å². The van der Waals surface area contributed by atoms with Gasteiger partial charge in [-0.2, -0.15) is 5.10 Å². The van der Waals surface area contributed by atoms with Gasteiger partial charge in [0.15, 0.2) is 11.5 Å². The summed E-state index contributed by atoms with van der Waals surface area (Å²) in [4.78, 5) is 4.63. The minimum atomic E-state index is 0.636. The summed E-state index contributed by atoms with van der Waals surface area (Å²) in [5.74, 6) is 1.98. The fourth-order valence-corrected chi connectivity index (χ4v) is 4.74. The van der Waals surface area contributed by atoms with E-state index in [1.807, 2.05) is 48.5 Å². The third-order valence-electron chi connectivity index (χ3n) is 5.42. The lowest BCUT2D eigenvalue weighted by molar-refractivity contribution is 0.355. The van der Waals surface area contributed by atoms with Crippen molar-refractivity contribution in [2.24, 2.45) is 5.10 Å². The van der Waals surface area contributed by atoms with Crippen LogP contribution in [0.25, 0.3) is 32.5 Å². The second kappa shape index (κ2) is 8.60. The van der Waals surface area contributed by atoms with Crippen molar-refractivity contribution in [3.63, 3.8) is 0 Å². The van der Waals surface area contributed by atoms with E-state index in [1.54, 1.807) is 25.6 Å². The van der Waals surface area contributed by atoms with Crippen LogP contribution < -0.4 is 20.3 Å². The average molecular weight is 458 g/mol. The zero-order chi connectivity index (χ0) is 22.9. The van der Waals surface area contributed by atoms with Gasteiger partial charge in [0.2, 0.25) is 5.13 Å². The van der Waals surface area contributed by atoms with E-state index in [2.05, 4.69) is 36.4 Å². The molecule has 0 aliphatic carbocycles. The van der Waals surface area contributed by atoms with Gasteiger partial charge >= 0.3 is 0 Å². The molecule has 0 saturated heterocycles. The Morgan fingerprint density at radius 1 is 0.939 bits per heavy atom. The van der Waals surface area contributed by atoms with Crippen molar-refractivity contribution in [2.45, 2.75) is 13.8 Å².